The fraction of sp³-hybridized carbons (Fsp3) is 0.625. The van der Waals surface area contributed by atoms with Crippen LogP contribution in [-0.4, -0.2) is 45.5 Å². The van der Waals surface area contributed by atoms with Gasteiger partial charge in [0, 0.05) is 38.3 Å². The van der Waals surface area contributed by atoms with E-state index < -0.39 is 0 Å². The van der Waals surface area contributed by atoms with Crippen molar-refractivity contribution >= 4 is 11.0 Å². The lowest BCUT2D eigenvalue weighted by Crippen LogP contribution is -2.31. The van der Waals surface area contributed by atoms with Crippen LogP contribution in [-0.2, 0) is 18.3 Å². The molecule has 114 valence electrons. The molecule has 3 heterocycles. The Morgan fingerprint density at radius 1 is 1.48 bits per heavy atom. The Labute approximate surface area is 125 Å². The highest BCUT2D eigenvalue weighted by molar-refractivity contribution is 5.78. The van der Waals surface area contributed by atoms with E-state index in [4.69, 9.17) is 4.74 Å². The van der Waals surface area contributed by atoms with E-state index in [-0.39, 0.29) is 0 Å². The Hall–Kier alpha value is -1.46. The van der Waals surface area contributed by atoms with Crippen LogP contribution in [0, 0.1) is 6.92 Å². The molecular weight excluding hydrogens is 264 g/mol. The van der Waals surface area contributed by atoms with Crippen LogP contribution in [0.4, 0.5) is 0 Å². The number of aryl methyl sites for hydroxylation is 2. The number of aromatic nitrogens is 3. The number of hydrogen-bond donors (Lipinski definition) is 0. The van der Waals surface area contributed by atoms with Crippen LogP contribution in [0.15, 0.2) is 12.3 Å². The lowest BCUT2D eigenvalue weighted by atomic mass is 10.1. The molecule has 0 spiro atoms. The maximum Gasteiger partial charge on any atom is 0.157 e. The maximum absolute atomic E-state index is 5.75. The predicted molar refractivity (Wildman–Crippen MR) is 83.2 cm³/mol. The predicted octanol–water partition coefficient (Wildman–Crippen LogP) is 2.28. The van der Waals surface area contributed by atoms with Crippen molar-refractivity contribution in [3.63, 3.8) is 0 Å². The first-order valence-corrected chi connectivity index (χ1v) is 7.79. The Balaban J connectivity index is 1.74. The SMILES string of the molecule is CCN(Cc1cnc2c(c1)c(C)nn2C)CC1CCCO1. The molecule has 0 aliphatic carbocycles. The standard InChI is InChI=1S/C16H24N4O/c1-4-20(11-14-6-5-7-21-14)10-13-8-15-12(2)18-19(3)16(15)17-9-13/h8-9,14H,4-7,10-11H2,1-3H3. The molecule has 21 heavy (non-hydrogen) atoms. The van der Waals surface area contributed by atoms with Crippen molar-refractivity contribution in [3.8, 4) is 0 Å². The Morgan fingerprint density at radius 2 is 2.33 bits per heavy atom. The number of hydrogen-bond acceptors (Lipinski definition) is 4. The smallest absolute Gasteiger partial charge is 0.157 e. The van der Waals surface area contributed by atoms with Crippen LogP contribution >= 0.6 is 0 Å². The van der Waals surface area contributed by atoms with E-state index in [9.17, 15) is 0 Å². The van der Waals surface area contributed by atoms with Crippen molar-refractivity contribution in [1.29, 1.82) is 0 Å². The summed E-state index contributed by atoms with van der Waals surface area (Å²) in [6, 6.07) is 2.23. The summed E-state index contributed by atoms with van der Waals surface area (Å²) in [6.45, 7) is 8.14. The molecule has 0 amide bonds. The minimum atomic E-state index is 0.404. The number of pyridine rings is 1. The van der Waals surface area contributed by atoms with Crippen LogP contribution in [0.25, 0.3) is 11.0 Å². The molecule has 1 aliphatic rings. The second-order valence-corrected chi connectivity index (χ2v) is 5.89. The van der Waals surface area contributed by atoms with Crippen molar-refractivity contribution in [2.24, 2.45) is 7.05 Å². The van der Waals surface area contributed by atoms with Crippen LogP contribution in [0.2, 0.25) is 0 Å². The first-order valence-electron chi connectivity index (χ1n) is 7.79. The van der Waals surface area contributed by atoms with Crippen molar-refractivity contribution in [3.05, 3.63) is 23.5 Å². The summed E-state index contributed by atoms with van der Waals surface area (Å²) in [5, 5.41) is 5.59. The third kappa shape index (κ3) is 3.09. The van der Waals surface area contributed by atoms with Gasteiger partial charge in [0.1, 0.15) is 0 Å². The molecule has 5 heteroatoms. The molecule has 2 aromatic heterocycles. The third-order valence-corrected chi connectivity index (χ3v) is 4.26. The van der Waals surface area contributed by atoms with Crippen LogP contribution in [0.3, 0.4) is 0 Å². The number of fused-ring (bicyclic) bond motifs is 1. The quantitative estimate of drug-likeness (QED) is 0.846. The van der Waals surface area contributed by atoms with E-state index in [1.54, 1.807) is 0 Å². The van der Waals surface area contributed by atoms with Gasteiger partial charge in [-0.3, -0.25) is 9.58 Å². The van der Waals surface area contributed by atoms with E-state index in [0.29, 0.717) is 6.10 Å². The van der Waals surface area contributed by atoms with Crippen LogP contribution in [0.1, 0.15) is 31.0 Å². The van der Waals surface area contributed by atoms with E-state index in [1.165, 1.54) is 18.4 Å². The molecule has 1 fully saturated rings. The molecule has 1 unspecified atom stereocenters. The molecule has 5 nitrogen and oxygen atoms in total. The maximum atomic E-state index is 5.75. The van der Waals surface area contributed by atoms with Gasteiger partial charge in [-0.05, 0) is 37.9 Å². The molecule has 2 aromatic rings. The van der Waals surface area contributed by atoms with Gasteiger partial charge in [-0.1, -0.05) is 6.92 Å². The van der Waals surface area contributed by atoms with Gasteiger partial charge in [0.15, 0.2) is 5.65 Å². The summed E-state index contributed by atoms with van der Waals surface area (Å²) in [5.74, 6) is 0. The lowest BCUT2D eigenvalue weighted by molar-refractivity contribution is 0.0725. The van der Waals surface area contributed by atoms with Gasteiger partial charge in [-0.25, -0.2) is 4.98 Å². The van der Waals surface area contributed by atoms with Crippen molar-refractivity contribution < 1.29 is 4.74 Å². The number of nitrogens with zero attached hydrogens (tertiary/aromatic N) is 4. The zero-order valence-electron chi connectivity index (χ0n) is 13.2. The van der Waals surface area contributed by atoms with Crippen molar-refractivity contribution in [2.45, 2.75) is 39.3 Å². The van der Waals surface area contributed by atoms with Crippen LogP contribution < -0.4 is 0 Å². The molecule has 1 atom stereocenters. The van der Waals surface area contributed by atoms with Crippen molar-refractivity contribution in [2.75, 3.05) is 19.7 Å². The van der Waals surface area contributed by atoms with Crippen LogP contribution in [0.5, 0.6) is 0 Å². The summed E-state index contributed by atoms with van der Waals surface area (Å²) >= 11 is 0. The number of ether oxygens (including phenoxy) is 1. The van der Waals surface area contributed by atoms with E-state index >= 15 is 0 Å². The normalized spacial score (nSPS) is 19.0. The highest BCUT2D eigenvalue weighted by Gasteiger charge is 2.19. The first kappa shape index (κ1) is 14.5. The van der Waals surface area contributed by atoms with E-state index in [0.717, 1.165) is 43.0 Å². The highest BCUT2D eigenvalue weighted by Crippen LogP contribution is 2.19. The molecule has 1 saturated heterocycles. The van der Waals surface area contributed by atoms with Gasteiger partial charge in [0.25, 0.3) is 0 Å². The average molecular weight is 288 g/mol. The topological polar surface area (TPSA) is 43.2 Å². The monoisotopic (exact) mass is 288 g/mol. The Kier molecular flexibility index (Phi) is 4.22. The zero-order valence-corrected chi connectivity index (χ0v) is 13.2. The Morgan fingerprint density at radius 3 is 3.05 bits per heavy atom. The molecule has 0 aromatic carbocycles. The van der Waals surface area contributed by atoms with E-state index in [2.05, 4.69) is 28.0 Å². The fourth-order valence-corrected chi connectivity index (χ4v) is 3.08. The minimum Gasteiger partial charge on any atom is -0.377 e. The summed E-state index contributed by atoms with van der Waals surface area (Å²) in [6.07, 6.45) is 4.77. The average Bonchev–Trinajstić information content (AvgIpc) is 3.07. The molecule has 3 rings (SSSR count). The van der Waals surface area contributed by atoms with Crippen molar-refractivity contribution in [1.82, 2.24) is 19.7 Å². The zero-order chi connectivity index (χ0) is 14.8. The fourth-order valence-electron chi connectivity index (χ4n) is 3.08. The van der Waals surface area contributed by atoms with E-state index in [1.807, 2.05) is 24.9 Å². The number of rotatable bonds is 5. The highest BCUT2D eigenvalue weighted by atomic mass is 16.5. The second-order valence-electron chi connectivity index (χ2n) is 5.89. The minimum absolute atomic E-state index is 0.404. The molecule has 1 aliphatic heterocycles. The van der Waals surface area contributed by atoms with Gasteiger partial charge in [-0.15, -0.1) is 0 Å². The Bertz CT molecular complexity index is 616. The molecular formula is C16H24N4O. The van der Waals surface area contributed by atoms with Gasteiger partial charge >= 0.3 is 0 Å². The summed E-state index contributed by atoms with van der Waals surface area (Å²) < 4.78 is 7.59. The molecule has 0 radical (unpaired) electrons. The molecule has 0 saturated carbocycles. The largest absolute Gasteiger partial charge is 0.377 e. The van der Waals surface area contributed by atoms with Gasteiger partial charge in [0.05, 0.1) is 11.8 Å². The second kappa shape index (κ2) is 6.12. The summed E-state index contributed by atoms with van der Waals surface area (Å²) in [5.41, 5.74) is 3.25. The summed E-state index contributed by atoms with van der Waals surface area (Å²) in [4.78, 5) is 7.00. The summed E-state index contributed by atoms with van der Waals surface area (Å²) in [7, 11) is 1.94. The lowest BCUT2D eigenvalue weighted by Gasteiger charge is -2.23. The molecule has 0 bridgehead atoms. The number of likely N-dealkylation sites (N-methyl/N-ethyl adjacent to an activating group) is 1. The van der Waals surface area contributed by atoms with Gasteiger partial charge in [-0.2, -0.15) is 5.10 Å². The first-order chi connectivity index (χ1) is 10.2. The molecule has 0 N–H and O–H groups in total. The van der Waals surface area contributed by atoms with Gasteiger partial charge in [0.2, 0.25) is 0 Å². The van der Waals surface area contributed by atoms with Gasteiger partial charge < -0.3 is 4.74 Å². The third-order valence-electron chi connectivity index (χ3n) is 4.26.